The lowest BCUT2D eigenvalue weighted by atomic mass is 10.1. The maximum Gasteiger partial charge on any atom is 0.250 e. The summed E-state index contributed by atoms with van der Waals surface area (Å²) in [4.78, 5) is 18.0. The third-order valence-corrected chi connectivity index (χ3v) is 3.69. The van der Waals surface area contributed by atoms with Crippen LogP contribution in [0, 0.1) is 0 Å². The molecule has 0 aliphatic carbocycles. The van der Waals surface area contributed by atoms with Gasteiger partial charge in [0, 0.05) is 19.3 Å². The van der Waals surface area contributed by atoms with Crippen LogP contribution in [0.2, 0.25) is 0 Å². The summed E-state index contributed by atoms with van der Waals surface area (Å²) < 4.78 is 5.64. The van der Waals surface area contributed by atoms with E-state index < -0.39 is 5.91 Å². The molecule has 0 bridgehead atoms. The van der Waals surface area contributed by atoms with Gasteiger partial charge in [0.2, 0.25) is 5.91 Å². The number of hydrogen-bond acceptors (Lipinski definition) is 3. The molecule has 0 aromatic rings. The van der Waals surface area contributed by atoms with E-state index in [4.69, 9.17) is 10.5 Å². The zero-order valence-corrected chi connectivity index (χ0v) is 13.6. The van der Waals surface area contributed by atoms with Crippen molar-refractivity contribution in [2.24, 2.45) is 10.7 Å². The second-order valence-electron chi connectivity index (χ2n) is 5.32. The Labute approximate surface area is 127 Å². The number of carbonyl (C=O) groups excluding carboxylic acids is 1. The lowest BCUT2D eigenvalue weighted by Gasteiger charge is -2.33. The normalized spacial score (nSPS) is 21.6. The molecule has 1 aliphatic heterocycles. The van der Waals surface area contributed by atoms with Crippen LogP contribution >= 0.6 is 0 Å². The van der Waals surface area contributed by atoms with Crippen LogP contribution in [0.3, 0.4) is 0 Å². The van der Waals surface area contributed by atoms with Gasteiger partial charge in [-0.3, -0.25) is 4.79 Å². The number of primary amides is 1. The molecule has 1 unspecified atom stereocenters. The topological polar surface area (TPSA) is 67.9 Å². The molecule has 0 aromatic heterocycles. The summed E-state index contributed by atoms with van der Waals surface area (Å²) >= 11 is 0. The molecule has 5 nitrogen and oxygen atoms in total. The van der Waals surface area contributed by atoms with Gasteiger partial charge in [0.1, 0.15) is 5.84 Å². The lowest BCUT2D eigenvalue weighted by Crippen LogP contribution is -2.44. The molecule has 1 saturated heterocycles. The van der Waals surface area contributed by atoms with Gasteiger partial charge in [-0.15, -0.1) is 0 Å². The summed E-state index contributed by atoms with van der Waals surface area (Å²) in [5, 5.41) is 0. The van der Waals surface area contributed by atoms with Crippen molar-refractivity contribution in [3.63, 3.8) is 0 Å². The first-order valence-electron chi connectivity index (χ1n) is 7.56. The van der Waals surface area contributed by atoms with E-state index in [1.54, 1.807) is 12.3 Å². The molecular weight excluding hydrogens is 266 g/mol. The van der Waals surface area contributed by atoms with E-state index in [0.717, 1.165) is 37.3 Å². The predicted octanol–water partition coefficient (Wildman–Crippen LogP) is 2.24. The van der Waals surface area contributed by atoms with Gasteiger partial charge in [-0.05, 0) is 32.8 Å². The Morgan fingerprint density at radius 2 is 2.14 bits per heavy atom. The van der Waals surface area contributed by atoms with Crippen molar-refractivity contribution >= 4 is 11.7 Å². The van der Waals surface area contributed by atoms with E-state index in [9.17, 15) is 4.79 Å². The molecule has 21 heavy (non-hydrogen) atoms. The van der Waals surface area contributed by atoms with Gasteiger partial charge in [0.05, 0.1) is 18.3 Å². The Kier molecular flexibility index (Phi) is 7.15. The molecule has 118 valence electrons. The molecule has 2 N–H and O–H groups in total. The molecule has 1 amide bonds. The molecular formula is C16H27N3O2. The average Bonchev–Trinajstić information content (AvgIpc) is 2.50. The van der Waals surface area contributed by atoms with Gasteiger partial charge in [-0.25, -0.2) is 4.99 Å². The molecule has 0 aromatic carbocycles. The fourth-order valence-electron chi connectivity index (χ4n) is 2.04. The maximum absolute atomic E-state index is 11.4. The fourth-order valence-corrected chi connectivity index (χ4v) is 2.04. The summed E-state index contributed by atoms with van der Waals surface area (Å²) in [6, 6.07) is 0. The first kappa shape index (κ1) is 17.4. The summed E-state index contributed by atoms with van der Waals surface area (Å²) in [7, 11) is 0. The quantitative estimate of drug-likeness (QED) is 0.366. The number of carbonyl (C=O) groups is 1. The zero-order chi connectivity index (χ0) is 15.8. The van der Waals surface area contributed by atoms with Gasteiger partial charge in [-0.1, -0.05) is 19.4 Å². The average molecular weight is 293 g/mol. The Morgan fingerprint density at radius 1 is 1.43 bits per heavy atom. The van der Waals surface area contributed by atoms with Crippen molar-refractivity contribution < 1.29 is 9.53 Å². The molecule has 0 radical (unpaired) electrons. The highest BCUT2D eigenvalue weighted by atomic mass is 16.5. The van der Waals surface area contributed by atoms with Crippen molar-refractivity contribution in [3.8, 4) is 0 Å². The Morgan fingerprint density at radius 3 is 2.71 bits per heavy atom. The molecule has 1 aliphatic rings. The van der Waals surface area contributed by atoms with Gasteiger partial charge in [0.15, 0.2) is 0 Å². The minimum Gasteiger partial charge on any atom is -0.375 e. The first-order valence-corrected chi connectivity index (χ1v) is 7.56. The SMILES string of the molecule is CC/C(C)=C/C(=C\N=C(C)N1CCOC(CC)C1)C(N)=O. The third-order valence-electron chi connectivity index (χ3n) is 3.69. The zero-order valence-electron chi connectivity index (χ0n) is 13.6. The number of allylic oxidation sites excluding steroid dienone is 1. The van der Waals surface area contributed by atoms with Crippen LogP contribution in [0.1, 0.15) is 40.5 Å². The predicted molar refractivity (Wildman–Crippen MR) is 86.0 cm³/mol. The van der Waals surface area contributed by atoms with Crippen LogP contribution in [0.25, 0.3) is 0 Å². The van der Waals surface area contributed by atoms with Crippen LogP contribution in [0.5, 0.6) is 0 Å². The highest BCUT2D eigenvalue weighted by Crippen LogP contribution is 2.10. The monoisotopic (exact) mass is 293 g/mol. The number of rotatable bonds is 5. The van der Waals surface area contributed by atoms with Crippen LogP contribution < -0.4 is 5.73 Å². The van der Waals surface area contributed by atoms with Gasteiger partial charge < -0.3 is 15.4 Å². The minimum absolute atomic E-state index is 0.255. The highest BCUT2D eigenvalue weighted by molar-refractivity contribution is 5.95. The second kappa shape index (κ2) is 8.62. The second-order valence-corrected chi connectivity index (χ2v) is 5.32. The Bertz CT molecular complexity index is 452. The number of aliphatic imine (C=N–C) groups is 1. The number of hydrogen-bond donors (Lipinski definition) is 1. The van der Waals surface area contributed by atoms with Gasteiger partial charge in [-0.2, -0.15) is 0 Å². The Hall–Kier alpha value is -1.62. The van der Waals surface area contributed by atoms with E-state index in [2.05, 4.69) is 16.8 Å². The first-order chi connectivity index (χ1) is 9.97. The summed E-state index contributed by atoms with van der Waals surface area (Å²) in [5.41, 5.74) is 6.93. The largest absolute Gasteiger partial charge is 0.375 e. The van der Waals surface area contributed by atoms with Crippen molar-refractivity contribution in [3.05, 3.63) is 23.4 Å². The number of amidine groups is 1. The van der Waals surface area contributed by atoms with Crippen molar-refractivity contribution in [2.45, 2.75) is 46.6 Å². The molecule has 0 spiro atoms. The smallest absolute Gasteiger partial charge is 0.250 e. The fraction of sp³-hybridized carbons (Fsp3) is 0.625. The number of nitrogens with zero attached hydrogens (tertiary/aromatic N) is 2. The Balaban J connectivity index is 2.83. The van der Waals surface area contributed by atoms with Crippen LogP contribution in [-0.2, 0) is 9.53 Å². The lowest BCUT2D eigenvalue weighted by molar-refractivity contribution is -0.114. The summed E-state index contributed by atoms with van der Waals surface area (Å²) in [6.45, 7) is 10.5. The minimum atomic E-state index is -0.451. The van der Waals surface area contributed by atoms with Gasteiger partial charge in [0.25, 0.3) is 0 Å². The molecule has 1 fully saturated rings. The highest BCUT2D eigenvalue weighted by Gasteiger charge is 2.19. The van der Waals surface area contributed by atoms with Crippen LogP contribution in [0.4, 0.5) is 0 Å². The number of nitrogens with two attached hydrogens (primary N) is 1. The standard InChI is InChI=1S/C16H27N3O2/c1-5-12(3)9-14(16(17)20)10-18-13(4)19-7-8-21-15(6-2)11-19/h9-10,15H,5-8,11H2,1-4H3,(H2,17,20)/b12-9+,14-10+,18-13?. The van der Waals surface area contributed by atoms with E-state index in [0.29, 0.717) is 12.2 Å². The number of morpholine rings is 1. The van der Waals surface area contributed by atoms with Crippen molar-refractivity contribution in [1.29, 1.82) is 0 Å². The summed E-state index contributed by atoms with van der Waals surface area (Å²) in [6.07, 6.45) is 5.49. The van der Waals surface area contributed by atoms with Crippen molar-refractivity contribution in [2.75, 3.05) is 19.7 Å². The number of amides is 1. The van der Waals surface area contributed by atoms with E-state index in [1.165, 1.54) is 0 Å². The van der Waals surface area contributed by atoms with Gasteiger partial charge >= 0.3 is 0 Å². The van der Waals surface area contributed by atoms with E-state index in [1.807, 2.05) is 20.8 Å². The molecule has 5 heteroatoms. The molecule has 0 saturated carbocycles. The molecule has 1 rings (SSSR count). The maximum atomic E-state index is 11.4. The van der Waals surface area contributed by atoms with E-state index >= 15 is 0 Å². The molecule has 1 atom stereocenters. The van der Waals surface area contributed by atoms with Crippen molar-refractivity contribution in [1.82, 2.24) is 4.90 Å². The molecule has 1 heterocycles. The summed E-state index contributed by atoms with van der Waals surface area (Å²) in [5.74, 6) is 0.436. The van der Waals surface area contributed by atoms with E-state index in [-0.39, 0.29) is 6.10 Å². The van der Waals surface area contributed by atoms with Crippen LogP contribution in [-0.4, -0.2) is 42.4 Å². The third kappa shape index (κ3) is 5.71. The number of ether oxygens (including phenoxy) is 1. The van der Waals surface area contributed by atoms with Crippen LogP contribution in [0.15, 0.2) is 28.4 Å².